The lowest BCUT2D eigenvalue weighted by Gasteiger charge is -2.25. The lowest BCUT2D eigenvalue weighted by Crippen LogP contribution is -2.42. The number of carbonyl (C=O) groups is 1. The number of nitrogens with one attached hydrogen (secondary N) is 1. The molecule has 0 unspecified atom stereocenters. The predicted octanol–water partition coefficient (Wildman–Crippen LogP) is 3.28. The minimum atomic E-state index is -0.0957. The predicted molar refractivity (Wildman–Crippen MR) is 85.4 cm³/mol. The van der Waals surface area contributed by atoms with Crippen molar-refractivity contribution in [1.82, 2.24) is 4.90 Å². The minimum absolute atomic E-state index is 0.0957. The fourth-order valence-corrected chi connectivity index (χ4v) is 3.66. The zero-order valence-electron chi connectivity index (χ0n) is 11.8. The zero-order valence-corrected chi connectivity index (χ0v) is 12.6. The fraction of sp³-hybridized carbons (Fsp3) is 0.353. The number of para-hydroxylation sites is 1. The lowest BCUT2D eigenvalue weighted by atomic mass is 10.1. The normalized spacial score (nSPS) is 19.9. The maximum Gasteiger partial charge on any atom is 0.245 e. The molecule has 1 aliphatic carbocycles. The number of amides is 1. The number of carbonyl (C=O) groups excluding carboxylic acids is 1. The molecule has 1 aromatic carbocycles. The van der Waals surface area contributed by atoms with Crippen LogP contribution in [0.4, 0.5) is 5.69 Å². The molecule has 0 saturated heterocycles. The van der Waals surface area contributed by atoms with Gasteiger partial charge in [-0.1, -0.05) is 18.2 Å². The monoisotopic (exact) mass is 298 g/mol. The van der Waals surface area contributed by atoms with Crippen molar-refractivity contribution >= 4 is 22.9 Å². The SMILES string of the molecule is O=C([C@@H]1Cc2ccccc2N1)N(Cc1ccsc1)C1CC1. The molecule has 1 aromatic heterocycles. The van der Waals surface area contributed by atoms with Crippen molar-refractivity contribution in [2.45, 2.75) is 37.9 Å². The Morgan fingerprint density at radius 1 is 1.29 bits per heavy atom. The Balaban J connectivity index is 1.50. The molecule has 0 spiro atoms. The van der Waals surface area contributed by atoms with E-state index in [2.05, 4.69) is 39.2 Å². The molecule has 1 aliphatic heterocycles. The molecule has 0 radical (unpaired) electrons. The first kappa shape index (κ1) is 12.9. The third-order valence-corrected chi connectivity index (χ3v) is 5.01. The van der Waals surface area contributed by atoms with Gasteiger partial charge in [0.25, 0.3) is 0 Å². The number of hydrogen-bond acceptors (Lipinski definition) is 3. The molecule has 1 amide bonds. The summed E-state index contributed by atoms with van der Waals surface area (Å²) in [6.07, 6.45) is 3.10. The van der Waals surface area contributed by atoms with Crippen molar-refractivity contribution in [1.29, 1.82) is 0 Å². The molecular formula is C17H18N2OS. The van der Waals surface area contributed by atoms with Gasteiger partial charge in [0.15, 0.2) is 0 Å². The van der Waals surface area contributed by atoms with E-state index >= 15 is 0 Å². The summed E-state index contributed by atoms with van der Waals surface area (Å²) in [5.41, 5.74) is 3.61. The Labute approximate surface area is 128 Å². The Kier molecular flexibility index (Phi) is 3.19. The number of nitrogens with zero attached hydrogens (tertiary/aromatic N) is 1. The van der Waals surface area contributed by atoms with E-state index in [9.17, 15) is 4.79 Å². The van der Waals surface area contributed by atoms with Gasteiger partial charge in [-0.25, -0.2) is 0 Å². The highest BCUT2D eigenvalue weighted by Crippen LogP contribution is 2.32. The number of hydrogen-bond donors (Lipinski definition) is 1. The van der Waals surface area contributed by atoms with E-state index in [1.807, 2.05) is 12.1 Å². The zero-order chi connectivity index (χ0) is 14.2. The molecule has 1 atom stereocenters. The maximum absolute atomic E-state index is 12.9. The summed E-state index contributed by atoms with van der Waals surface area (Å²) in [5.74, 6) is 0.250. The van der Waals surface area contributed by atoms with Crippen LogP contribution >= 0.6 is 11.3 Å². The van der Waals surface area contributed by atoms with Crippen molar-refractivity contribution in [2.75, 3.05) is 5.32 Å². The van der Waals surface area contributed by atoms with Gasteiger partial charge in [0, 0.05) is 24.7 Å². The van der Waals surface area contributed by atoms with Crippen LogP contribution in [-0.2, 0) is 17.8 Å². The molecule has 2 aromatic rings. The standard InChI is InChI=1S/C17H18N2OS/c20-17(16-9-13-3-1-2-4-15(13)18-16)19(14-5-6-14)10-12-7-8-21-11-12/h1-4,7-8,11,14,16,18H,5-6,9-10H2/t16-/m0/s1. The Morgan fingerprint density at radius 2 is 2.14 bits per heavy atom. The largest absolute Gasteiger partial charge is 0.373 e. The first-order valence-electron chi connectivity index (χ1n) is 7.47. The molecule has 4 heteroatoms. The van der Waals surface area contributed by atoms with E-state index < -0.39 is 0 Å². The number of thiophene rings is 1. The van der Waals surface area contributed by atoms with Crippen molar-refractivity contribution in [3.05, 3.63) is 52.2 Å². The molecule has 1 fully saturated rings. The van der Waals surface area contributed by atoms with Crippen molar-refractivity contribution in [3.8, 4) is 0 Å². The summed E-state index contributed by atoms with van der Waals surface area (Å²) in [7, 11) is 0. The first-order chi connectivity index (χ1) is 10.3. The maximum atomic E-state index is 12.9. The molecule has 1 N–H and O–H groups in total. The van der Waals surface area contributed by atoms with Crippen molar-refractivity contribution in [3.63, 3.8) is 0 Å². The third-order valence-electron chi connectivity index (χ3n) is 4.27. The molecular weight excluding hydrogens is 280 g/mol. The van der Waals surface area contributed by atoms with Gasteiger partial charge in [0.05, 0.1) is 0 Å². The van der Waals surface area contributed by atoms with Gasteiger partial charge in [-0.15, -0.1) is 0 Å². The number of anilines is 1. The molecule has 21 heavy (non-hydrogen) atoms. The smallest absolute Gasteiger partial charge is 0.245 e. The average molecular weight is 298 g/mol. The second-order valence-electron chi connectivity index (χ2n) is 5.89. The Bertz CT molecular complexity index is 624. The molecule has 4 rings (SSSR count). The summed E-state index contributed by atoms with van der Waals surface area (Å²) in [5, 5.41) is 7.60. The average Bonchev–Trinajstić information content (AvgIpc) is 3.04. The van der Waals surface area contributed by atoms with Crippen LogP contribution in [0.1, 0.15) is 24.0 Å². The second kappa shape index (κ2) is 5.19. The summed E-state index contributed by atoms with van der Waals surface area (Å²) < 4.78 is 0. The van der Waals surface area contributed by atoms with E-state index in [1.54, 1.807) is 11.3 Å². The summed E-state index contributed by atoms with van der Waals surface area (Å²) in [6, 6.07) is 10.7. The molecule has 2 heterocycles. The van der Waals surface area contributed by atoms with Crippen molar-refractivity contribution < 1.29 is 4.79 Å². The van der Waals surface area contributed by atoms with E-state index in [0.29, 0.717) is 6.04 Å². The third kappa shape index (κ3) is 2.56. The molecule has 2 aliphatic rings. The van der Waals surface area contributed by atoms with Crippen LogP contribution < -0.4 is 5.32 Å². The van der Waals surface area contributed by atoms with Crippen LogP contribution in [-0.4, -0.2) is 22.9 Å². The lowest BCUT2D eigenvalue weighted by molar-refractivity contribution is -0.133. The Hall–Kier alpha value is -1.81. The molecule has 108 valence electrons. The highest BCUT2D eigenvalue weighted by molar-refractivity contribution is 7.07. The molecule has 1 saturated carbocycles. The topological polar surface area (TPSA) is 32.3 Å². The van der Waals surface area contributed by atoms with Gasteiger partial charge in [-0.05, 0) is 46.9 Å². The number of fused-ring (bicyclic) bond motifs is 1. The number of rotatable bonds is 4. The van der Waals surface area contributed by atoms with Crippen LogP contribution in [0, 0.1) is 0 Å². The summed E-state index contributed by atoms with van der Waals surface area (Å²) in [6.45, 7) is 0.752. The fourth-order valence-electron chi connectivity index (χ4n) is 3.00. The Morgan fingerprint density at radius 3 is 2.86 bits per heavy atom. The van der Waals surface area contributed by atoms with Crippen LogP contribution in [0.15, 0.2) is 41.1 Å². The van der Waals surface area contributed by atoms with Crippen molar-refractivity contribution in [2.24, 2.45) is 0 Å². The van der Waals surface area contributed by atoms with E-state index in [0.717, 1.165) is 31.5 Å². The van der Waals surface area contributed by atoms with E-state index in [-0.39, 0.29) is 11.9 Å². The van der Waals surface area contributed by atoms with E-state index in [1.165, 1.54) is 11.1 Å². The minimum Gasteiger partial charge on any atom is -0.373 e. The molecule has 0 bridgehead atoms. The van der Waals surface area contributed by atoms with Crippen LogP contribution in [0.3, 0.4) is 0 Å². The van der Waals surface area contributed by atoms with Crippen LogP contribution in [0.5, 0.6) is 0 Å². The van der Waals surface area contributed by atoms with Crippen LogP contribution in [0.25, 0.3) is 0 Å². The van der Waals surface area contributed by atoms with Gasteiger partial charge in [0.1, 0.15) is 6.04 Å². The van der Waals surface area contributed by atoms with Gasteiger partial charge < -0.3 is 10.2 Å². The summed E-state index contributed by atoms with van der Waals surface area (Å²) in [4.78, 5) is 15.0. The second-order valence-corrected chi connectivity index (χ2v) is 6.67. The van der Waals surface area contributed by atoms with Gasteiger partial charge >= 0.3 is 0 Å². The van der Waals surface area contributed by atoms with Gasteiger partial charge in [0.2, 0.25) is 5.91 Å². The summed E-state index contributed by atoms with van der Waals surface area (Å²) >= 11 is 1.69. The molecule has 3 nitrogen and oxygen atoms in total. The first-order valence-corrected chi connectivity index (χ1v) is 8.41. The van der Waals surface area contributed by atoms with Crippen LogP contribution in [0.2, 0.25) is 0 Å². The van der Waals surface area contributed by atoms with Gasteiger partial charge in [-0.3, -0.25) is 4.79 Å². The highest BCUT2D eigenvalue weighted by atomic mass is 32.1. The highest BCUT2D eigenvalue weighted by Gasteiger charge is 2.37. The van der Waals surface area contributed by atoms with E-state index in [4.69, 9.17) is 0 Å². The number of benzene rings is 1. The van der Waals surface area contributed by atoms with Gasteiger partial charge in [-0.2, -0.15) is 11.3 Å². The quantitative estimate of drug-likeness (QED) is 0.939.